The summed E-state index contributed by atoms with van der Waals surface area (Å²) in [5.74, 6) is 2.35. The molecule has 0 radical (unpaired) electrons. The number of rotatable bonds is 8. The summed E-state index contributed by atoms with van der Waals surface area (Å²) < 4.78 is 19.4. The molecule has 184 valence electrons. The summed E-state index contributed by atoms with van der Waals surface area (Å²) in [4.78, 5) is 0. The van der Waals surface area contributed by atoms with Crippen LogP contribution in [0.25, 0.3) is 0 Å². The van der Waals surface area contributed by atoms with E-state index in [9.17, 15) is 0 Å². The minimum absolute atomic E-state index is 0.413. The lowest BCUT2D eigenvalue weighted by Gasteiger charge is -2.33. The smallest absolute Gasteiger partial charge is 0.149 e. The third kappa shape index (κ3) is 6.66. The van der Waals surface area contributed by atoms with Gasteiger partial charge in [-0.2, -0.15) is 0 Å². The molecule has 0 bridgehead atoms. The van der Waals surface area contributed by atoms with Crippen LogP contribution in [0, 0.1) is 11.8 Å². The molecule has 0 aliphatic carbocycles. The Hall–Kier alpha value is 1.88. The minimum atomic E-state index is -0.446. The first-order valence-electron chi connectivity index (χ1n) is 10.1. The van der Waals surface area contributed by atoms with Crippen molar-refractivity contribution < 1.29 is 9.47 Å². The van der Waals surface area contributed by atoms with Crippen molar-refractivity contribution in [3.05, 3.63) is 46.9 Å². The first kappa shape index (κ1) is 31.1. The first-order valence-corrected chi connectivity index (χ1v) is 16.5. The number of hydrogen-bond acceptors (Lipinski definition) is 2. The van der Waals surface area contributed by atoms with Crippen LogP contribution in [-0.2, 0) is 5.41 Å². The number of halogens is 8. The molecule has 0 aromatic heterocycles. The van der Waals surface area contributed by atoms with Gasteiger partial charge in [0.15, 0.2) is 0 Å². The molecule has 10 heteroatoms. The SMILES string of the molecule is CC(C)COc1c(Br)c(Br)c(C(C)(C)c2c(Br)c(Br)c(OCC(C)C)c(Br)c2Br)c(Br)c1Br. The van der Waals surface area contributed by atoms with Crippen molar-refractivity contribution in [1.82, 2.24) is 0 Å². The second kappa shape index (κ2) is 12.6. The molecule has 0 amide bonds. The van der Waals surface area contributed by atoms with Gasteiger partial charge in [-0.05, 0) is 150 Å². The van der Waals surface area contributed by atoms with Gasteiger partial charge in [-0.3, -0.25) is 0 Å². The molecule has 0 saturated heterocycles. The first-order chi connectivity index (χ1) is 15.1. The van der Waals surface area contributed by atoms with Crippen molar-refractivity contribution in [2.45, 2.75) is 47.0 Å². The van der Waals surface area contributed by atoms with E-state index < -0.39 is 5.41 Å². The van der Waals surface area contributed by atoms with Gasteiger partial charge in [0.1, 0.15) is 11.5 Å². The quantitative estimate of drug-likeness (QED) is 0.246. The Balaban J connectivity index is 2.75. The highest BCUT2D eigenvalue weighted by Gasteiger charge is 2.37. The highest BCUT2D eigenvalue weighted by atomic mass is 79.9. The van der Waals surface area contributed by atoms with E-state index in [0.29, 0.717) is 25.0 Å². The van der Waals surface area contributed by atoms with Crippen molar-refractivity contribution in [1.29, 1.82) is 0 Å². The summed E-state index contributed by atoms with van der Waals surface area (Å²) in [5, 5.41) is 0. The fourth-order valence-electron chi connectivity index (χ4n) is 3.20. The summed E-state index contributed by atoms with van der Waals surface area (Å²) >= 11 is 30.4. The van der Waals surface area contributed by atoms with Crippen LogP contribution in [0.2, 0.25) is 0 Å². The molecule has 0 spiro atoms. The zero-order valence-corrected chi connectivity index (χ0v) is 31.6. The Kier molecular flexibility index (Phi) is 11.9. The third-order valence-electron chi connectivity index (χ3n) is 4.82. The van der Waals surface area contributed by atoms with Crippen molar-refractivity contribution in [3.8, 4) is 11.5 Å². The van der Waals surface area contributed by atoms with Crippen molar-refractivity contribution in [3.63, 3.8) is 0 Å². The van der Waals surface area contributed by atoms with Crippen LogP contribution in [0.5, 0.6) is 11.5 Å². The molecular formula is C23H24Br8O2. The zero-order valence-electron chi connectivity index (χ0n) is 18.9. The van der Waals surface area contributed by atoms with Crippen LogP contribution in [0.1, 0.15) is 52.7 Å². The van der Waals surface area contributed by atoms with E-state index >= 15 is 0 Å². The van der Waals surface area contributed by atoms with E-state index in [1.165, 1.54) is 0 Å². The maximum Gasteiger partial charge on any atom is 0.149 e. The Bertz CT molecular complexity index is 908. The standard InChI is InChI=1S/C23H24Br8O2/c1-9(2)7-32-21-17(28)13(24)11(14(25)18(21)29)23(5,6)12-15(26)19(30)22(20(31)16(12)27)33-8-10(3)4/h9-10H,7-8H2,1-6H3. The molecule has 0 saturated carbocycles. The Morgan fingerprint density at radius 2 is 0.758 bits per heavy atom. The minimum Gasteiger partial charge on any atom is -0.491 e. The molecule has 2 aromatic carbocycles. The van der Waals surface area contributed by atoms with Crippen LogP contribution in [0.3, 0.4) is 0 Å². The van der Waals surface area contributed by atoms with Gasteiger partial charge in [0.2, 0.25) is 0 Å². The van der Waals surface area contributed by atoms with Gasteiger partial charge in [-0.15, -0.1) is 0 Å². The fraction of sp³-hybridized carbons (Fsp3) is 0.478. The highest BCUT2D eigenvalue weighted by Crippen LogP contribution is 2.56. The lowest BCUT2D eigenvalue weighted by Crippen LogP contribution is -2.23. The van der Waals surface area contributed by atoms with Gasteiger partial charge in [0, 0.05) is 23.3 Å². The van der Waals surface area contributed by atoms with Crippen LogP contribution >= 0.6 is 127 Å². The average Bonchev–Trinajstić information content (AvgIpc) is 2.70. The lowest BCUT2D eigenvalue weighted by atomic mass is 9.78. The van der Waals surface area contributed by atoms with Gasteiger partial charge in [-0.25, -0.2) is 0 Å². The molecule has 0 heterocycles. The molecule has 0 unspecified atom stereocenters. The second-order valence-corrected chi connectivity index (χ2v) is 15.3. The predicted molar refractivity (Wildman–Crippen MR) is 167 cm³/mol. The normalized spacial score (nSPS) is 12.1. The average molecular weight is 972 g/mol. The summed E-state index contributed by atoms with van der Waals surface area (Å²) in [7, 11) is 0. The molecule has 0 aliphatic rings. The summed E-state index contributed by atoms with van der Waals surface area (Å²) in [6.07, 6.45) is 0. The molecule has 33 heavy (non-hydrogen) atoms. The van der Waals surface area contributed by atoms with Gasteiger partial charge in [0.05, 0.1) is 31.1 Å². The Morgan fingerprint density at radius 1 is 0.515 bits per heavy atom. The summed E-state index contributed by atoms with van der Waals surface area (Å²) in [5.41, 5.74) is 1.68. The Labute approximate surface area is 264 Å². The van der Waals surface area contributed by atoms with Gasteiger partial charge >= 0.3 is 0 Å². The van der Waals surface area contributed by atoms with Crippen LogP contribution in [0.4, 0.5) is 0 Å². The predicted octanol–water partition coefficient (Wildman–Crippen LogP) is 12.2. The maximum absolute atomic E-state index is 6.11. The van der Waals surface area contributed by atoms with E-state index in [4.69, 9.17) is 9.47 Å². The molecule has 0 N–H and O–H groups in total. The molecule has 2 aromatic rings. The molecule has 0 fully saturated rings. The molecule has 2 rings (SSSR count). The van der Waals surface area contributed by atoms with Crippen molar-refractivity contribution in [2.24, 2.45) is 11.8 Å². The van der Waals surface area contributed by atoms with E-state index in [1.54, 1.807) is 0 Å². The third-order valence-corrected chi connectivity index (χ3v) is 13.1. The highest BCUT2D eigenvalue weighted by molar-refractivity contribution is 9.14. The second-order valence-electron chi connectivity index (χ2n) is 8.95. The molecule has 2 nitrogen and oxygen atoms in total. The van der Waals surface area contributed by atoms with Crippen molar-refractivity contribution in [2.75, 3.05) is 13.2 Å². The van der Waals surface area contributed by atoms with E-state index in [0.717, 1.165) is 58.4 Å². The molecule has 0 atom stereocenters. The number of benzene rings is 2. The Morgan fingerprint density at radius 3 is 0.970 bits per heavy atom. The van der Waals surface area contributed by atoms with Crippen LogP contribution < -0.4 is 9.47 Å². The monoisotopic (exact) mass is 964 g/mol. The van der Waals surface area contributed by atoms with Gasteiger partial charge < -0.3 is 9.47 Å². The number of hydrogen-bond donors (Lipinski definition) is 0. The maximum atomic E-state index is 6.11. The topological polar surface area (TPSA) is 18.5 Å². The largest absolute Gasteiger partial charge is 0.491 e. The van der Waals surface area contributed by atoms with Crippen LogP contribution in [-0.4, -0.2) is 13.2 Å². The number of ether oxygens (including phenoxy) is 2. The van der Waals surface area contributed by atoms with Gasteiger partial charge in [0.25, 0.3) is 0 Å². The van der Waals surface area contributed by atoms with Crippen LogP contribution in [0.15, 0.2) is 35.8 Å². The van der Waals surface area contributed by atoms with E-state index in [2.05, 4.69) is 169 Å². The molecular weight excluding hydrogens is 947 g/mol. The summed E-state index contributed by atoms with van der Waals surface area (Å²) in [6.45, 7) is 14.1. The molecule has 0 aliphatic heterocycles. The summed E-state index contributed by atoms with van der Waals surface area (Å²) in [6, 6.07) is 0. The lowest BCUT2D eigenvalue weighted by molar-refractivity contribution is 0.267. The van der Waals surface area contributed by atoms with E-state index in [1.807, 2.05) is 0 Å². The van der Waals surface area contributed by atoms with E-state index in [-0.39, 0.29) is 0 Å². The van der Waals surface area contributed by atoms with Gasteiger partial charge in [-0.1, -0.05) is 41.5 Å². The fourth-order valence-corrected chi connectivity index (χ4v) is 9.80. The van der Waals surface area contributed by atoms with Crippen molar-refractivity contribution >= 4 is 127 Å². The zero-order chi connectivity index (χ0) is 25.4.